The predicted octanol–water partition coefficient (Wildman–Crippen LogP) is -0.820. The van der Waals surface area contributed by atoms with E-state index < -0.39 is 41.1 Å². The standard InChI is InChI=1S/C9H10O8/c1-2-17-7(16)9(6(14)15)3-8(9,4(10)11)5(12)13/h2-3H2,1H3,(H,10,11)(H,12,13)(H,14,15). The van der Waals surface area contributed by atoms with Crippen LogP contribution in [-0.4, -0.2) is 45.8 Å². The van der Waals surface area contributed by atoms with Gasteiger partial charge in [-0.15, -0.1) is 0 Å². The molecule has 1 atom stereocenters. The van der Waals surface area contributed by atoms with Gasteiger partial charge in [-0.05, 0) is 6.92 Å². The van der Waals surface area contributed by atoms with E-state index in [1.54, 1.807) is 0 Å². The van der Waals surface area contributed by atoms with Crippen molar-refractivity contribution in [2.75, 3.05) is 6.61 Å². The summed E-state index contributed by atoms with van der Waals surface area (Å²) in [5, 5.41) is 26.6. The van der Waals surface area contributed by atoms with Gasteiger partial charge < -0.3 is 20.1 Å². The quantitative estimate of drug-likeness (QED) is 0.422. The van der Waals surface area contributed by atoms with Crippen LogP contribution in [0.3, 0.4) is 0 Å². The fourth-order valence-corrected chi connectivity index (χ4v) is 1.81. The van der Waals surface area contributed by atoms with E-state index in [0.717, 1.165) is 0 Å². The number of carbonyl (C=O) groups is 4. The SMILES string of the molecule is CCOC(=O)C1(C(=O)O)CC1(C(=O)O)C(=O)O. The van der Waals surface area contributed by atoms with Gasteiger partial charge in [0.15, 0.2) is 10.8 Å². The van der Waals surface area contributed by atoms with Crippen molar-refractivity contribution in [2.24, 2.45) is 10.8 Å². The maximum Gasteiger partial charge on any atom is 0.325 e. The Bertz CT molecular complexity index is 397. The van der Waals surface area contributed by atoms with E-state index >= 15 is 0 Å². The van der Waals surface area contributed by atoms with Crippen molar-refractivity contribution in [3.8, 4) is 0 Å². The van der Waals surface area contributed by atoms with Crippen molar-refractivity contribution in [1.82, 2.24) is 0 Å². The van der Waals surface area contributed by atoms with Crippen molar-refractivity contribution in [2.45, 2.75) is 13.3 Å². The van der Waals surface area contributed by atoms with Crippen LogP contribution in [0, 0.1) is 10.8 Å². The minimum atomic E-state index is -2.63. The average molecular weight is 246 g/mol. The Balaban J connectivity index is 3.25. The first-order chi connectivity index (χ1) is 7.77. The summed E-state index contributed by atoms with van der Waals surface area (Å²) >= 11 is 0. The Kier molecular flexibility index (Phi) is 2.83. The van der Waals surface area contributed by atoms with Crippen molar-refractivity contribution in [3.05, 3.63) is 0 Å². The molecule has 1 rings (SSSR count). The van der Waals surface area contributed by atoms with Crippen LogP contribution < -0.4 is 0 Å². The average Bonchev–Trinajstić information content (AvgIpc) is 2.90. The maximum absolute atomic E-state index is 11.5. The molecule has 1 saturated carbocycles. The summed E-state index contributed by atoms with van der Waals surface area (Å²) in [6, 6.07) is 0. The monoisotopic (exact) mass is 246 g/mol. The number of carbonyl (C=O) groups excluding carboxylic acids is 1. The lowest BCUT2D eigenvalue weighted by Gasteiger charge is -2.14. The van der Waals surface area contributed by atoms with Gasteiger partial charge in [0, 0.05) is 6.42 Å². The van der Waals surface area contributed by atoms with E-state index in [4.69, 9.17) is 15.3 Å². The zero-order valence-corrected chi connectivity index (χ0v) is 8.80. The van der Waals surface area contributed by atoms with Crippen LogP contribution in [-0.2, 0) is 23.9 Å². The number of ether oxygens (including phenoxy) is 1. The Labute approximate surface area is 94.8 Å². The molecule has 0 spiro atoms. The molecule has 1 aliphatic carbocycles. The minimum absolute atomic E-state index is 0.164. The minimum Gasteiger partial charge on any atom is -0.480 e. The van der Waals surface area contributed by atoms with Gasteiger partial charge in [0.2, 0.25) is 0 Å². The molecule has 0 heterocycles. The molecule has 0 radical (unpaired) electrons. The molecule has 94 valence electrons. The summed E-state index contributed by atoms with van der Waals surface area (Å²) in [6.07, 6.45) is -0.807. The zero-order chi connectivity index (χ0) is 13.4. The summed E-state index contributed by atoms with van der Waals surface area (Å²) in [5.41, 5.74) is -5.16. The number of carboxylic acid groups (broad SMARTS) is 3. The van der Waals surface area contributed by atoms with Gasteiger partial charge in [-0.3, -0.25) is 19.2 Å². The smallest absolute Gasteiger partial charge is 0.325 e. The van der Waals surface area contributed by atoms with E-state index in [9.17, 15) is 19.2 Å². The Morgan fingerprint density at radius 3 is 1.65 bits per heavy atom. The van der Waals surface area contributed by atoms with Crippen LogP contribution >= 0.6 is 0 Å². The molecule has 1 fully saturated rings. The number of esters is 1. The fourth-order valence-electron chi connectivity index (χ4n) is 1.81. The highest BCUT2D eigenvalue weighted by Crippen LogP contribution is 2.65. The topological polar surface area (TPSA) is 138 Å². The van der Waals surface area contributed by atoms with Crippen molar-refractivity contribution >= 4 is 23.9 Å². The molecule has 0 bridgehead atoms. The van der Waals surface area contributed by atoms with Gasteiger partial charge in [0.25, 0.3) is 0 Å². The third-order valence-corrected chi connectivity index (χ3v) is 2.85. The van der Waals surface area contributed by atoms with Gasteiger partial charge in [0.1, 0.15) is 0 Å². The molecule has 17 heavy (non-hydrogen) atoms. The largest absolute Gasteiger partial charge is 0.480 e. The normalized spacial score (nSPS) is 24.8. The highest BCUT2D eigenvalue weighted by molar-refractivity contribution is 6.19. The molecule has 0 aromatic carbocycles. The maximum atomic E-state index is 11.5. The van der Waals surface area contributed by atoms with Gasteiger partial charge >= 0.3 is 23.9 Å². The second-order valence-electron chi connectivity index (χ2n) is 3.62. The predicted molar refractivity (Wildman–Crippen MR) is 49.0 cm³/mol. The molecular weight excluding hydrogens is 236 g/mol. The third-order valence-electron chi connectivity index (χ3n) is 2.85. The van der Waals surface area contributed by atoms with E-state index in [0.29, 0.717) is 0 Å². The van der Waals surface area contributed by atoms with Crippen LogP contribution in [0.15, 0.2) is 0 Å². The van der Waals surface area contributed by atoms with Crippen molar-refractivity contribution in [3.63, 3.8) is 0 Å². The summed E-state index contributed by atoms with van der Waals surface area (Å²) in [7, 11) is 0. The second kappa shape index (κ2) is 3.72. The lowest BCUT2D eigenvalue weighted by Crippen LogP contribution is -2.41. The molecule has 0 aliphatic heterocycles. The third kappa shape index (κ3) is 1.37. The van der Waals surface area contributed by atoms with Gasteiger partial charge in [-0.2, -0.15) is 0 Å². The molecule has 3 N–H and O–H groups in total. The zero-order valence-electron chi connectivity index (χ0n) is 8.80. The number of carboxylic acids is 3. The van der Waals surface area contributed by atoms with E-state index in [2.05, 4.69) is 4.74 Å². The Morgan fingerprint density at radius 1 is 1.00 bits per heavy atom. The highest BCUT2D eigenvalue weighted by atomic mass is 16.5. The lowest BCUT2D eigenvalue weighted by molar-refractivity contribution is -0.173. The number of hydrogen-bond acceptors (Lipinski definition) is 5. The number of hydrogen-bond donors (Lipinski definition) is 3. The van der Waals surface area contributed by atoms with Crippen molar-refractivity contribution in [1.29, 1.82) is 0 Å². The molecular formula is C9H10O8. The van der Waals surface area contributed by atoms with E-state index in [1.165, 1.54) is 6.92 Å². The lowest BCUT2D eigenvalue weighted by atomic mass is 9.92. The summed E-state index contributed by atoms with van der Waals surface area (Å²) < 4.78 is 4.44. The summed E-state index contributed by atoms with van der Waals surface area (Å²) in [4.78, 5) is 44.3. The highest BCUT2D eigenvalue weighted by Gasteiger charge is 2.87. The van der Waals surface area contributed by atoms with Crippen LogP contribution in [0.1, 0.15) is 13.3 Å². The molecule has 0 aromatic rings. The Morgan fingerprint density at radius 2 is 1.41 bits per heavy atom. The first kappa shape index (κ1) is 12.9. The first-order valence-electron chi connectivity index (χ1n) is 4.64. The van der Waals surface area contributed by atoms with E-state index in [-0.39, 0.29) is 6.61 Å². The van der Waals surface area contributed by atoms with Gasteiger partial charge in [-0.25, -0.2) is 0 Å². The van der Waals surface area contributed by atoms with Crippen LogP contribution in [0.2, 0.25) is 0 Å². The molecule has 0 aromatic heterocycles. The first-order valence-corrected chi connectivity index (χ1v) is 4.64. The molecule has 1 aliphatic rings. The molecule has 1 unspecified atom stereocenters. The van der Waals surface area contributed by atoms with Gasteiger partial charge in [0.05, 0.1) is 6.61 Å². The van der Waals surface area contributed by atoms with Crippen LogP contribution in [0.5, 0.6) is 0 Å². The molecule has 0 amide bonds. The van der Waals surface area contributed by atoms with Crippen LogP contribution in [0.4, 0.5) is 0 Å². The van der Waals surface area contributed by atoms with Crippen molar-refractivity contribution < 1.29 is 39.2 Å². The molecule has 8 heteroatoms. The number of aliphatic carboxylic acids is 3. The second-order valence-corrected chi connectivity index (χ2v) is 3.62. The molecule has 8 nitrogen and oxygen atoms in total. The van der Waals surface area contributed by atoms with Gasteiger partial charge in [-0.1, -0.05) is 0 Å². The molecule has 0 saturated heterocycles. The Hall–Kier alpha value is -2.12. The number of rotatable bonds is 5. The fraction of sp³-hybridized carbons (Fsp3) is 0.556. The summed E-state index contributed by atoms with van der Waals surface area (Å²) in [5.74, 6) is -6.86. The van der Waals surface area contributed by atoms with Crippen LogP contribution in [0.25, 0.3) is 0 Å². The summed E-state index contributed by atoms with van der Waals surface area (Å²) in [6.45, 7) is 1.24. The van der Waals surface area contributed by atoms with E-state index in [1.807, 2.05) is 0 Å².